The number of benzene rings is 3. The van der Waals surface area contributed by atoms with Gasteiger partial charge in [0.1, 0.15) is 6.61 Å². The van der Waals surface area contributed by atoms with Crippen molar-refractivity contribution in [1.82, 2.24) is 10.6 Å². The Morgan fingerprint density at radius 2 is 1.38 bits per heavy atom. The Labute approximate surface area is 292 Å². The van der Waals surface area contributed by atoms with Crippen molar-refractivity contribution < 1.29 is 43.3 Å². The first-order valence-corrected chi connectivity index (χ1v) is 16.8. The molecular formula is C39H46N2O9. The Hall–Kier alpha value is -5.32. The van der Waals surface area contributed by atoms with Crippen molar-refractivity contribution in [1.29, 1.82) is 0 Å². The van der Waals surface area contributed by atoms with Gasteiger partial charge in [-0.15, -0.1) is 0 Å². The van der Waals surface area contributed by atoms with E-state index in [1.807, 2.05) is 66.7 Å². The number of rotatable bonds is 21. The van der Waals surface area contributed by atoms with Gasteiger partial charge in [0.15, 0.2) is 12.4 Å². The maximum Gasteiger partial charge on any atom is 0.339 e. The van der Waals surface area contributed by atoms with Gasteiger partial charge >= 0.3 is 17.9 Å². The van der Waals surface area contributed by atoms with Gasteiger partial charge in [-0.1, -0.05) is 78.9 Å². The first-order chi connectivity index (χ1) is 24.0. The maximum atomic E-state index is 13.8. The fourth-order valence-electron chi connectivity index (χ4n) is 5.39. The molecule has 3 N–H and O–H groups in total. The van der Waals surface area contributed by atoms with Crippen LogP contribution < -0.4 is 10.6 Å². The monoisotopic (exact) mass is 686 g/mol. The number of carboxylic acids is 1. The van der Waals surface area contributed by atoms with Crippen LogP contribution in [0.4, 0.5) is 0 Å². The molecule has 0 unspecified atom stereocenters. The predicted octanol–water partition coefficient (Wildman–Crippen LogP) is 5.05. The highest BCUT2D eigenvalue weighted by Gasteiger charge is 2.29. The van der Waals surface area contributed by atoms with Gasteiger partial charge in [-0.3, -0.25) is 24.0 Å². The summed E-state index contributed by atoms with van der Waals surface area (Å²) in [6, 6.07) is 22.7. The van der Waals surface area contributed by atoms with E-state index in [9.17, 15) is 28.8 Å². The Bertz CT molecular complexity index is 1570. The number of ether oxygens (including phenoxy) is 2. The van der Waals surface area contributed by atoms with Crippen LogP contribution in [-0.2, 0) is 46.5 Å². The largest absolute Gasteiger partial charge is 0.481 e. The third-order valence-corrected chi connectivity index (χ3v) is 8.12. The first kappa shape index (κ1) is 39.1. The minimum absolute atomic E-state index is 0.0578. The van der Waals surface area contributed by atoms with Crippen molar-refractivity contribution in [3.05, 3.63) is 107 Å². The van der Waals surface area contributed by atoms with Crippen molar-refractivity contribution in [3.8, 4) is 0 Å². The Morgan fingerprint density at radius 1 is 0.740 bits per heavy atom. The van der Waals surface area contributed by atoms with Crippen LogP contribution >= 0.6 is 0 Å². The van der Waals surface area contributed by atoms with E-state index in [1.54, 1.807) is 26.0 Å². The Morgan fingerprint density at radius 3 is 2.02 bits per heavy atom. The lowest BCUT2D eigenvalue weighted by Crippen LogP contribution is -2.46. The lowest BCUT2D eigenvalue weighted by molar-refractivity contribution is -0.148. The summed E-state index contributed by atoms with van der Waals surface area (Å²) in [5, 5.41) is 14.3. The van der Waals surface area contributed by atoms with E-state index in [0.29, 0.717) is 36.1 Å². The molecule has 266 valence electrons. The van der Waals surface area contributed by atoms with Crippen molar-refractivity contribution >= 4 is 35.5 Å². The first-order valence-electron chi connectivity index (χ1n) is 16.8. The molecule has 0 aliphatic rings. The molecule has 3 rings (SSSR count). The van der Waals surface area contributed by atoms with Gasteiger partial charge in [0.2, 0.25) is 11.8 Å². The molecule has 0 aromatic heterocycles. The number of aliphatic carboxylic acids is 1. The average Bonchev–Trinajstić information content (AvgIpc) is 3.09. The fraction of sp³-hybridized carbons (Fsp3) is 0.385. The lowest BCUT2D eigenvalue weighted by Gasteiger charge is -2.22. The van der Waals surface area contributed by atoms with E-state index in [2.05, 4.69) is 10.6 Å². The number of hydrogen-bond donors (Lipinski definition) is 3. The SMILES string of the molecule is Cc1cccc(C)c1C(=O)OCC(=O)[C@@H](CCCCNC(=O)CCCC(=O)O)NC(=O)[C@H](CC(=O)OCc1ccccc1)Cc1ccccc1. The molecule has 0 radical (unpaired) electrons. The summed E-state index contributed by atoms with van der Waals surface area (Å²) in [5.74, 6) is -4.32. The molecule has 0 heterocycles. The number of hydrogen-bond acceptors (Lipinski definition) is 8. The molecule has 11 heteroatoms. The minimum Gasteiger partial charge on any atom is -0.481 e. The smallest absolute Gasteiger partial charge is 0.339 e. The van der Waals surface area contributed by atoms with Gasteiger partial charge in [0.25, 0.3) is 0 Å². The topological polar surface area (TPSA) is 165 Å². The molecule has 50 heavy (non-hydrogen) atoms. The number of esters is 2. The van der Waals surface area contributed by atoms with E-state index >= 15 is 0 Å². The third-order valence-electron chi connectivity index (χ3n) is 8.12. The Kier molecular flexibility index (Phi) is 16.4. The normalized spacial score (nSPS) is 11.9. The molecule has 0 saturated heterocycles. The number of nitrogens with one attached hydrogen (secondary N) is 2. The highest BCUT2D eigenvalue weighted by molar-refractivity contribution is 5.96. The van der Waals surface area contributed by atoms with Gasteiger partial charge in [-0.05, 0) is 68.2 Å². The number of Topliss-reactive ketones (excluding diaryl/α,β-unsaturated/α-hetero) is 1. The molecule has 2 atom stereocenters. The van der Waals surface area contributed by atoms with E-state index in [1.165, 1.54) is 0 Å². The summed E-state index contributed by atoms with van der Waals surface area (Å²) in [7, 11) is 0. The molecule has 0 spiro atoms. The highest BCUT2D eigenvalue weighted by Crippen LogP contribution is 2.17. The summed E-state index contributed by atoms with van der Waals surface area (Å²) in [6.07, 6.45) is 1.33. The zero-order chi connectivity index (χ0) is 36.3. The fourth-order valence-corrected chi connectivity index (χ4v) is 5.39. The van der Waals surface area contributed by atoms with Crippen molar-refractivity contribution in [3.63, 3.8) is 0 Å². The number of unbranched alkanes of at least 4 members (excludes halogenated alkanes) is 1. The van der Waals surface area contributed by atoms with Crippen molar-refractivity contribution in [2.75, 3.05) is 13.2 Å². The third kappa shape index (κ3) is 14.0. The second-order valence-corrected chi connectivity index (χ2v) is 12.2. The van der Waals surface area contributed by atoms with Crippen LogP contribution in [0, 0.1) is 19.8 Å². The highest BCUT2D eigenvalue weighted by atomic mass is 16.5. The van der Waals surface area contributed by atoms with E-state index in [0.717, 1.165) is 11.1 Å². The van der Waals surface area contributed by atoms with Crippen LogP contribution in [0.2, 0.25) is 0 Å². The van der Waals surface area contributed by atoms with Crippen LogP contribution in [-0.4, -0.2) is 59.8 Å². The second kappa shape index (κ2) is 20.9. The summed E-state index contributed by atoms with van der Waals surface area (Å²) >= 11 is 0. The number of carbonyl (C=O) groups excluding carboxylic acids is 5. The molecular weight excluding hydrogens is 640 g/mol. The van der Waals surface area contributed by atoms with Gasteiger partial charge in [-0.2, -0.15) is 0 Å². The molecule has 0 fully saturated rings. The lowest BCUT2D eigenvalue weighted by atomic mass is 9.94. The summed E-state index contributed by atoms with van der Waals surface area (Å²) in [5.41, 5.74) is 3.42. The van der Waals surface area contributed by atoms with Crippen LogP contribution in [0.15, 0.2) is 78.9 Å². The standard InChI is InChI=1S/C39H46N2O9/c1-27-13-11-14-28(2)37(27)39(48)50-26-33(42)32(19-9-10-22-40-34(43)20-12-21-35(44)45)41-38(47)31(23-29-15-5-3-6-16-29)24-36(46)49-25-30-17-7-4-8-18-30/h3-8,11,13-18,31-32H,9-10,12,19-26H2,1-2H3,(H,40,43)(H,41,47)(H,44,45)/t31-,32+/m0/s1. The van der Waals surface area contributed by atoms with Crippen molar-refractivity contribution in [2.45, 2.75) is 77.9 Å². The van der Waals surface area contributed by atoms with Crippen LogP contribution in [0.3, 0.4) is 0 Å². The van der Waals surface area contributed by atoms with E-state index in [4.69, 9.17) is 14.6 Å². The van der Waals surface area contributed by atoms with Gasteiger partial charge < -0.3 is 25.2 Å². The zero-order valence-electron chi connectivity index (χ0n) is 28.7. The zero-order valence-corrected chi connectivity index (χ0v) is 28.7. The van der Waals surface area contributed by atoms with Gasteiger partial charge in [0.05, 0.1) is 23.9 Å². The van der Waals surface area contributed by atoms with Crippen LogP contribution in [0.1, 0.15) is 77.6 Å². The molecule has 3 aromatic rings. The number of carboxylic acid groups (broad SMARTS) is 1. The van der Waals surface area contributed by atoms with Gasteiger partial charge in [0, 0.05) is 19.4 Å². The minimum atomic E-state index is -1.03. The van der Waals surface area contributed by atoms with Crippen LogP contribution in [0.5, 0.6) is 0 Å². The predicted molar refractivity (Wildman–Crippen MR) is 186 cm³/mol. The van der Waals surface area contributed by atoms with E-state index in [-0.39, 0.29) is 51.0 Å². The quantitative estimate of drug-likeness (QED) is 0.103. The molecule has 0 saturated carbocycles. The number of carbonyl (C=O) groups is 6. The number of amides is 2. The summed E-state index contributed by atoms with van der Waals surface area (Å²) in [6.45, 7) is 3.34. The van der Waals surface area contributed by atoms with E-state index < -0.39 is 48.2 Å². The molecule has 0 aliphatic heterocycles. The second-order valence-electron chi connectivity index (χ2n) is 12.2. The maximum absolute atomic E-state index is 13.8. The van der Waals surface area contributed by atoms with Gasteiger partial charge in [-0.25, -0.2) is 4.79 Å². The summed E-state index contributed by atoms with van der Waals surface area (Å²) < 4.78 is 10.9. The molecule has 0 bridgehead atoms. The summed E-state index contributed by atoms with van der Waals surface area (Å²) in [4.78, 5) is 75.8. The molecule has 11 nitrogen and oxygen atoms in total. The average molecular weight is 687 g/mol. The number of aryl methyl sites for hydroxylation is 2. The molecule has 2 amide bonds. The molecule has 0 aliphatic carbocycles. The number of ketones is 1. The Balaban J connectivity index is 1.68. The van der Waals surface area contributed by atoms with Crippen molar-refractivity contribution in [2.24, 2.45) is 5.92 Å². The molecule has 3 aromatic carbocycles. The van der Waals surface area contributed by atoms with Crippen LogP contribution in [0.25, 0.3) is 0 Å².